The summed E-state index contributed by atoms with van der Waals surface area (Å²) in [5.41, 5.74) is 3.87. The maximum Gasteiger partial charge on any atom is 0.166 e. The van der Waals surface area contributed by atoms with E-state index in [1.165, 1.54) is 6.07 Å². The van der Waals surface area contributed by atoms with Gasteiger partial charge in [-0.2, -0.15) is 0 Å². The van der Waals surface area contributed by atoms with Crippen molar-refractivity contribution >= 4 is 17.2 Å². The van der Waals surface area contributed by atoms with Gasteiger partial charge in [0.15, 0.2) is 6.29 Å². The Kier molecular flexibility index (Phi) is 6.14. The number of hydrogen-bond donors (Lipinski definition) is 4. The topological polar surface area (TPSA) is 94.7 Å². The quantitative estimate of drug-likeness (QED) is 0.449. The molecular weight excluding hydrogens is 356 g/mol. The third-order valence-corrected chi connectivity index (χ3v) is 5.12. The Balaban J connectivity index is 1.61. The second kappa shape index (κ2) is 8.56. The largest absolute Gasteiger partial charge is 0.508 e. The molecule has 0 aliphatic heterocycles. The first-order chi connectivity index (χ1) is 13.4. The molecule has 1 aromatic heterocycles. The fraction of sp³-hybridized carbons (Fsp3) is 0.318. The molecule has 0 aliphatic carbocycles. The van der Waals surface area contributed by atoms with E-state index in [-0.39, 0.29) is 18.4 Å². The third-order valence-electron chi connectivity index (χ3n) is 5.12. The number of benzene rings is 2. The van der Waals surface area contributed by atoms with Crippen LogP contribution in [0.15, 0.2) is 42.5 Å². The summed E-state index contributed by atoms with van der Waals surface area (Å²) in [5, 5.41) is 33.6. The Morgan fingerprint density at radius 3 is 2.68 bits per heavy atom. The zero-order chi connectivity index (χ0) is 20.3. The van der Waals surface area contributed by atoms with Gasteiger partial charge in [-0.3, -0.25) is 4.79 Å². The van der Waals surface area contributed by atoms with E-state index in [4.69, 9.17) is 0 Å². The summed E-state index contributed by atoms with van der Waals surface area (Å²) in [5.74, 6) is 0.0221. The number of aryl methyl sites for hydroxylation is 1. The van der Waals surface area contributed by atoms with Gasteiger partial charge in [0.1, 0.15) is 5.75 Å². The van der Waals surface area contributed by atoms with Crippen molar-refractivity contribution in [2.24, 2.45) is 7.05 Å². The molecule has 0 saturated heterocycles. The first kappa shape index (κ1) is 20.1. The van der Waals surface area contributed by atoms with Gasteiger partial charge < -0.3 is 25.2 Å². The average Bonchev–Trinajstić information content (AvgIpc) is 3.01. The summed E-state index contributed by atoms with van der Waals surface area (Å²) in [6.45, 7) is 2.14. The average molecular weight is 382 g/mol. The van der Waals surface area contributed by atoms with Crippen molar-refractivity contribution in [3.63, 3.8) is 0 Å². The predicted octanol–water partition coefficient (Wildman–Crippen LogP) is 2.44. The SMILES string of the molecule is CC(Cc1ccc2c(c1)cc(C=O)n2C)NCC(O)c1ccc(O)c(CO)c1. The molecular formula is C22H26N2O4. The van der Waals surface area contributed by atoms with Crippen LogP contribution in [0.25, 0.3) is 10.9 Å². The summed E-state index contributed by atoms with van der Waals surface area (Å²) in [4.78, 5) is 11.1. The number of fused-ring (bicyclic) bond motifs is 1. The Labute approximate surface area is 164 Å². The number of phenols is 1. The van der Waals surface area contributed by atoms with Crippen LogP contribution in [0, 0.1) is 0 Å². The second-order valence-electron chi connectivity index (χ2n) is 7.21. The van der Waals surface area contributed by atoms with Crippen molar-refractivity contribution in [3.05, 3.63) is 64.8 Å². The minimum atomic E-state index is -0.736. The third kappa shape index (κ3) is 4.25. The summed E-state index contributed by atoms with van der Waals surface area (Å²) < 4.78 is 1.88. The molecule has 4 N–H and O–H groups in total. The van der Waals surface area contributed by atoms with Crippen molar-refractivity contribution in [1.82, 2.24) is 9.88 Å². The molecule has 0 radical (unpaired) electrons. The van der Waals surface area contributed by atoms with E-state index in [2.05, 4.69) is 24.4 Å². The second-order valence-corrected chi connectivity index (χ2v) is 7.21. The number of hydrogen-bond acceptors (Lipinski definition) is 5. The number of nitrogens with one attached hydrogen (secondary N) is 1. The highest BCUT2D eigenvalue weighted by Crippen LogP contribution is 2.23. The van der Waals surface area contributed by atoms with Crippen molar-refractivity contribution < 1.29 is 20.1 Å². The molecule has 28 heavy (non-hydrogen) atoms. The van der Waals surface area contributed by atoms with E-state index in [0.29, 0.717) is 23.4 Å². The predicted molar refractivity (Wildman–Crippen MR) is 108 cm³/mol. The molecule has 0 saturated carbocycles. The van der Waals surface area contributed by atoms with Crippen molar-refractivity contribution in [2.45, 2.75) is 32.1 Å². The van der Waals surface area contributed by atoms with Gasteiger partial charge in [-0.15, -0.1) is 0 Å². The van der Waals surface area contributed by atoms with E-state index in [1.54, 1.807) is 12.1 Å². The highest BCUT2D eigenvalue weighted by atomic mass is 16.3. The Morgan fingerprint density at radius 1 is 1.18 bits per heavy atom. The standard InChI is InChI=1S/C22H26N2O4/c1-14(23-11-22(28)16-4-6-21(27)18(9-16)12-25)7-15-3-5-20-17(8-15)10-19(13-26)24(20)2/h3-6,8-10,13-14,22-23,25,27-28H,7,11-12H2,1-2H3. The van der Waals surface area contributed by atoms with Crippen LogP contribution < -0.4 is 5.32 Å². The maximum atomic E-state index is 11.1. The van der Waals surface area contributed by atoms with E-state index in [0.717, 1.165) is 29.2 Å². The van der Waals surface area contributed by atoms with Gasteiger partial charge in [-0.05, 0) is 54.8 Å². The fourth-order valence-corrected chi connectivity index (χ4v) is 3.46. The van der Waals surface area contributed by atoms with Crippen molar-refractivity contribution in [3.8, 4) is 5.75 Å². The zero-order valence-corrected chi connectivity index (χ0v) is 16.1. The van der Waals surface area contributed by atoms with Crippen molar-refractivity contribution in [1.29, 1.82) is 0 Å². The van der Waals surface area contributed by atoms with Gasteiger partial charge >= 0.3 is 0 Å². The molecule has 0 spiro atoms. The molecule has 0 fully saturated rings. The van der Waals surface area contributed by atoms with Crippen LogP contribution in [0.4, 0.5) is 0 Å². The minimum absolute atomic E-state index is 0.0221. The molecule has 6 heteroatoms. The van der Waals surface area contributed by atoms with Gasteiger partial charge in [-0.25, -0.2) is 0 Å². The molecule has 0 bridgehead atoms. The van der Waals surface area contributed by atoms with Crippen LogP contribution in [0.1, 0.15) is 40.2 Å². The monoisotopic (exact) mass is 382 g/mol. The lowest BCUT2D eigenvalue weighted by molar-refractivity contribution is 0.111. The molecule has 2 atom stereocenters. The highest BCUT2D eigenvalue weighted by molar-refractivity contribution is 5.89. The molecule has 2 unspecified atom stereocenters. The Hall–Kier alpha value is -2.67. The number of aldehydes is 1. The number of carbonyl (C=O) groups is 1. The molecule has 2 aromatic carbocycles. The van der Waals surface area contributed by atoms with Crippen LogP contribution in [-0.2, 0) is 20.1 Å². The van der Waals surface area contributed by atoms with Crippen LogP contribution in [-0.4, -0.2) is 38.8 Å². The smallest absolute Gasteiger partial charge is 0.166 e. The van der Waals surface area contributed by atoms with Gasteiger partial charge in [0.2, 0.25) is 0 Å². The summed E-state index contributed by atoms with van der Waals surface area (Å²) in [6.07, 6.45) is 0.905. The lowest BCUT2D eigenvalue weighted by atomic mass is 10.0. The van der Waals surface area contributed by atoms with Gasteiger partial charge in [0.25, 0.3) is 0 Å². The normalized spacial score (nSPS) is 13.6. The molecule has 148 valence electrons. The summed E-state index contributed by atoms with van der Waals surface area (Å²) in [7, 11) is 1.88. The number of aliphatic hydroxyl groups is 2. The molecule has 6 nitrogen and oxygen atoms in total. The van der Waals surface area contributed by atoms with Crippen molar-refractivity contribution in [2.75, 3.05) is 6.54 Å². The first-order valence-electron chi connectivity index (χ1n) is 9.30. The molecule has 1 heterocycles. The number of carbonyl (C=O) groups excluding carboxylic acids is 1. The van der Waals surface area contributed by atoms with E-state index >= 15 is 0 Å². The number of aliphatic hydroxyl groups excluding tert-OH is 2. The highest BCUT2D eigenvalue weighted by Gasteiger charge is 2.13. The number of rotatable bonds is 8. The molecule has 0 aliphatic rings. The molecule has 3 aromatic rings. The minimum Gasteiger partial charge on any atom is -0.508 e. The van der Waals surface area contributed by atoms with E-state index in [1.807, 2.05) is 23.7 Å². The number of aromatic hydroxyl groups is 1. The van der Waals surface area contributed by atoms with E-state index < -0.39 is 6.10 Å². The van der Waals surface area contributed by atoms with Crippen LogP contribution in [0.2, 0.25) is 0 Å². The summed E-state index contributed by atoms with van der Waals surface area (Å²) in [6, 6.07) is 12.9. The van der Waals surface area contributed by atoms with Gasteiger partial charge in [0, 0.05) is 36.1 Å². The van der Waals surface area contributed by atoms with Gasteiger partial charge in [-0.1, -0.05) is 12.1 Å². The van der Waals surface area contributed by atoms with Crippen LogP contribution >= 0.6 is 0 Å². The van der Waals surface area contributed by atoms with Crippen LogP contribution in [0.5, 0.6) is 5.75 Å². The molecule has 3 rings (SSSR count). The summed E-state index contributed by atoms with van der Waals surface area (Å²) >= 11 is 0. The maximum absolute atomic E-state index is 11.1. The first-order valence-corrected chi connectivity index (χ1v) is 9.30. The Morgan fingerprint density at radius 2 is 1.96 bits per heavy atom. The lowest BCUT2D eigenvalue weighted by Gasteiger charge is -2.18. The van der Waals surface area contributed by atoms with Crippen LogP contribution in [0.3, 0.4) is 0 Å². The molecule has 0 amide bonds. The lowest BCUT2D eigenvalue weighted by Crippen LogP contribution is -2.32. The Bertz CT molecular complexity index is 980. The number of aromatic nitrogens is 1. The number of nitrogens with zero attached hydrogens (tertiary/aromatic N) is 1. The van der Waals surface area contributed by atoms with E-state index in [9.17, 15) is 20.1 Å². The van der Waals surface area contributed by atoms with Gasteiger partial charge in [0.05, 0.1) is 18.4 Å². The fourth-order valence-electron chi connectivity index (χ4n) is 3.46. The zero-order valence-electron chi connectivity index (χ0n) is 16.1.